The number of sulfonamides is 1. The van der Waals surface area contributed by atoms with Crippen LogP contribution < -0.4 is 14.4 Å². The smallest absolute Gasteiger partial charge is 0.264 e. The van der Waals surface area contributed by atoms with E-state index in [1.165, 1.54) is 25.3 Å². The molecule has 1 N–H and O–H groups in total. The van der Waals surface area contributed by atoms with Gasteiger partial charge in [-0.25, -0.2) is 8.42 Å². The van der Waals surface area contributed by atoms with Crippen molar-refractivity contribution in [2.75, 3.05) is 18.0 Å². The predicted octanol–water partition coefficient (Wildman–Crippen LogP) is 3.46. The normalized spacial score (nSPS) is 12.3. The van der Waals surface area contributed by atoms with Crippen molar-refractivity contribution in [2.45, 2.75) is 31.2 Å². The van der Waals surface area contributed by atoms with E-state index in [-0.39, 0.29) is 23.4 Å². The maximum Gasteiger partial charge on any atom is 0.264 e. The summed E-state index contributed by atoms with van der Waals surface area (Å²) in [5.41, 5.74) is 0.317. The molecule has 146 valence electrons. The Kier molecular flexibility index (Phi) is 7.10. The third-order valence-corrected chi connectivity index (χ3v) is 6.07. The summed E-state index contributed by atoms with van der Waals surface area (Å²) in [6, 6.07) is 12.3. The van der Waals surface area contributed by atoms with Crippen LogP contribution in [0, 0.1) is 0 Å². The van der Waals surface area contributed by atoms with Crippen molar-refractivity contribution < 1.29 is 17.9 Å². The first kappa shape index (κ1) is 21.1. The highest BCUT2D eigenvalue weighted by Crippen LogP contribution is 2.27. The summed E-state index contributed by atoms with van der Waals surface area (Å²) < 4.78 is 32.5. The maximum atomic E-state index is 13.2. The molecule has 6 nitrogen and oxygen atoms in total. The molecule has 1 amide bonds. The van der Waals surface area contributed by atoms with E-state index in [0.29, 0.717) is 16.5 Å². The molecule has 8 heteroatoms. The Morgan fingerprint density at radius 2 is 1.89 bits per heavy atom. The van der Waals surface area contributed by atoms with Gasteiger partial charge in [0.05, 0.1) is 17.7 Å². The van der Waals surface area contributed by atoms with Crippen LogP contribution in [-0.2, 0) is 14.8 Å². The highest BCUT2D eigenvalue weighted by Gasteiger charge is 2.27. The number of amides is 1. The topological polar surface area (TPSA) is 75.7 Å². The Balaban J connectivity index is 2.42. The second kappa shape index (κ2) is 9.10. The van der Waals surface area contributed by atoms with E-state index in [9.17, 15) is 13.2 Å². The number of halogens is 1. The van der Waals surface area contributed by atoms with Gasteiger partial charge in [-0.3, -0.25) is 9.10 Å². The minimum atomic E-state index is -3.98. The summed E-state index contributed by atoms with van der Waals surface area (Å²) in [5, 5.41) is 3.17. The number of hydrogen-bond acceptors (Lipinski definition) is 4. The van der Waals surface area contributed by atoms with Crippen LogP contribution in [0.1, 0.15) is 20.3 Å². The Bertz CT molecular complexity index is 885. The largest absolute Gasteiger partial charge is 0.497 e. The lowest BCUT2D eigenvalue weighted by Crippen LogP contribution is -2.43. The van der Waals surface area contributed by atoms with Gasteiger partial charge in [0.25, 0.3) is 10.0 Å². The van der Waals surface area contributed by atoms with Crippen molar-refractivity contribution in [3.63, 3.8) is 0 Å². The molecule has 0 spiro atoms. The quantitative estimate of drug-likeness (QED) is 0.723. The molecule has 0 bridgehead atoms. The van der Waals surface area contributed by atoms with Crippen molar-refractivity contribution >= 4 is 33.2 Å². The fourth-order valence-corrected chi connectivity index (χ4v) is 3.97. The van der Waals surface area contributed by atoms with Crippen molar-refractivity contribution in [1.29, 1.82) is 0 Å². The number of hydrogen-bond donors (Lipinski definition) is 1. The molecule has 0 aromatic heterocycles. The lowest BCUT2D eigenvalue weighted by Gasteiger charge is -2.25. The van der Waals surface area contributed by atoms with E-state index in [4.69, 9.17) is 16.3 Å². The first-order valence-electron chi connectivity index (χ1n) is 8.49. The summed E-state index contributed by atoms with van der Waals surface area (Å²) in [5.74, 6) is 0.152. The molecule has 2 aromatic rings. The number of rotatable bonds is 8. The van der Waals surface area contributed by atoms with Crippen LogP contribution in [0.5, 0.6) is 5.75 Å². The molecule has 0 fully saturated rings. The van der Waals surface area contributed by atoms with Gasteiger partial charge in [0.15, 0.2) is 0 Å². The molecule has 0 unspecified atom stereocenters. The van der Waals surface area contributed by atoms with E-state index >= 15 is 0 Å². The number of nitrogens with zero attached hydrogens (tertiary/aromatic N) is 1. The van der Waals surface area contributed by atoms with Crippen LogP contribution in [0.4, 0.5) is 5.69 Å². The number of methoxy groups -OCH3 is 1. The van der Waals surface area contributed by atoms with Gasteiger partial charge in [0.2, 0.25) is 5.91 Å². The standard InChI is InChI=1S/C19H23ClN2O4S/c1-4-14(2)21-19(23)13-22(16-7-5-6-15(20)12-16)27(24,25)18-10-8-17(26-3)9-11-18/h5-12,14H,4,13H2,1-3H3,(H,21,23)/t14-/m1/s1. The van der Waals surface area contributed by atoms with E-state index in [2.05, 4.69) is 5.32 Å². The van der Waals surface area contributed by atoms with Crippen LogP contribution in [0.2, 0.25) is 5.02 Å². The molecule has 27 heavy (non-hydrogen) atoms. The minimum absolute atomic E-state index is 0.0533. The summed E-state index contributed by atoms with van der Waals surface area (Å²) in [7, 11) is -2.47. The number of benzene rings is 2. The molecule has 0 saturated carbocycles. The SMILES string of the molecule is CC[C@@H](C)NC(=O)CN(c1cccc(Cl)c1)S(=O)(=O)c1ccc(OC)cc1. The highest BCUT2D eigenvalue weighted by molar-refractivity contribution is 7.92. The number of anilines is 1. The van der Waals surface area contributed by atoms with Gasteiger partial charge in [-0.15, -0.1) is 0 Å². The van der Waals surface area contributed by atoms with Gasteiger partial charge in [0.1, 0.15) is 12.3 Å². The molecule has 1 atom stereocenters. The maximum absolute atomic E-state index is 13.2. The fourth-order valence-electron chi connectivity index (χ4n) is 2.37. The van der Waals surface area contributed by atoms with Gasteiger partial charge < -0.3 is 10.1 Å². The zero-order valence-electron chi connectivity index (χ0n) is 15.5. The van der Waals surface area contributed by atoms with Crippen LogP contribution >= 0.6 is 11.6 Å². The molecule has 0 aliphatic carbocycles. The molecule has 2 aromatic carbocycles. The van der Waals surface area contributed by atoms with Crippen LogP contribution in [0.25, 0.3) is 0 Å². The molecule has 0 saturated heterocycles. The number of carbonyl (C=O) groups is 1. The minimum Gasteiger partial charge on any atom is -0.497 e. The summed E-state index contributed by atoms with van der Waals surface area (Å²) in [6.07, 6.45) is 0.744. The first-order chi connectivity index (χ1) is 12.8. The summed E-state index contributed by atoms with van der Waals surface area (Å²) in [6.45, 7) is 3.45. The zero-order valence-corrected chi connectivity index (χ0v) is 17.0. The third kappa shape index (κ3) is 5.37. The lowest BCUT2D eigenvalue weighted by molar-refractivity contribution is -0.120. The van der Waals surface area contributed by atoms with Crippen molar-refractivity contribution in [1.82, 2.24) is 5.32 Å². The van der Waals surface area contributed by atoms with Crippen molar-refractivity contribution in [2.24, 2.45) is 0 Å². The van der Waals surface area contributed by atoms with Gasteiger partial charge in [0, 0.05) is 11.1 Å². The lowest BCUT2D eigenvalue weighted by atomic mass is 10.2. The van der Waals surface area contributed by atoms with E-state index in [0.717, 1.165) is 10.7 Å². The molecule has 2 rings (SSSR count). The summed E-state index contributed by atoms with van der Waals surface area (Å²) in [4.78, 5) is 12.4. The molecular formula is C19H23ClN2O4S. The first-order valence-corrected chi connectivity index (χ1v) is 10.3. The third-order valence-electron chi connectivity index (χ3n) is 4.05. The Morgan fingerprint density at radius 3 is 2.44 bits per heavy atom. The fraction of sp³-hybridized carbons (Fsp3) is 0.316. The number of ether oxygens (including phenoxy) is 1. The molecule has 0 aliphatic rings. The van der Waals surface area contributed by atoms with Crippen molar-refractivity contribution in [3.05, 3.63) is 53.6 Å². The Hall–Kier alpha value is -2.25. The van der Waals surface area contributed by atoms with Crippen LogP contribution in [0.3, 0.4) is 0 Å². The van der Waals surface area contributed by atoms with E-state index < -0.39 is 10.0 Å². The molecule has 0 aliphatic heterocycles. The number of nitrogens with one attached hydrogen (secondary N) is 1. The van der Waals surface area contributed by atoms with Crippen LogP contribution in [-0.4, -0.2) is 34.0 Å². The predicted molar refractivity (Wildman–Crippen MR) is 107 cm³/mol. The second-order valence-electron chi connectivity index (χ2n) is 6.04. The van der Waals surface area contributed by atoms with Gasteiger partial charge in [-0.1, -0.05) is 24.6 Å². The zero-order chi connectivity index (χ0) is 20.0. The summed E-state index contributed by atoms with van der Waals surface area (Å²) >= 11 is 6.03. The van der Waals surface area contributed by atoms with Gasteiger partial charge in [-0.2, -0.15) is 0 Å². The average molecular weight is 411 g/mol. The second-order valence-corrected chi connectivity index (χ2v) is 8.34. The number of carbonyl (C=O) groups excluding carboxylic acids is 1. The molecular weight excluding hydrogens is 388 g/mol. The highest BCUT2D eigenvalue weighted by atomic mass is 35.5. The molecule has 0 heterocycles. The Labute approximate surface area is 165 Å². The monoisotopic (exact) mass is 410 g/mol. The van der Waals surface area contributed by atoms with E-state index in [1.54, 1.807) is 30.3 Å². The van der Waals surface area contributed by atoms with Gasteiger partial charge >= 0.3 is 0 Å². The van der Waals surface area contributed by atoms with Crippen LogP contribution in [0.15, 0.2) is 53.4 Å². The van der Waals surface area contributed by atoms with Crippen molar-refractivity contribution in [3.8, 4) is 5.75 Å². The van der Waals surface area contributed by atoms with Gasteiger partial charge in [-0.05, 0) is 55.8 Å². The molecule has 0 radical (unpaired) electrons. The van der Waals surface area contributed by atoms with E-state index in [1.807, 2.05) is 13.8 Å². The average Bonchev–Trinajstić information content (AvgIpc) is 2.65. The Morgan fingerprint density at radius 1 is 1.22 bits per heavy atom.